The molecule has 0 spiro atoms. The maximum atomic E-state index is 7.16. The Hall–Kier alpha value is 7.22. The van der Waals surface area contributed by atoms with Crippen molar-refractivity contribution >= 4 is 250 Å². The van der Waals surface area contributed by atoms with Crippen molar-refractivity contribution in [3.05, 3.63) is 9.81 Å². The smallest absolute Gasteiger partial charge is 0.373 e. The molecule has 0 saturated heterocycles. The van der Waals surface area contributed by atoms with Crippen LogP contribution in [0.15, 0.2) is 9.81 Å². The molecule has 640 valence electrons. The van der Waals surface area contributed by atoms with Crippen molar-refractivity contribution in [3.8, 4) is 0 Å². The second-order valence-electron chi connectivity index (χ2n) is 26.5. The second kappa shape index (κ2) is 59.1. The van der Waals surface area contributed by atoms with Gasteiger partial charge >= 0.3 is 44.0 Å². The minimum atomic E-state index is -3.95. The molecule has 0 aliphatic rings. The van der Waals surface area contributed by atoms with Gasteiger partial charge in [-0.1, -0.05) is 141 Å². The summed E-state index contributed by atoms with van der Waals surface area (Å²) in [5, 5.41) is 0.258. The Morgan fingerprint density at radius 3 is 0.762 bits per heavy atom. The first-order chi connectivity index (χ1) is 49.6. The summed E-state index contributed by atoms with van der Waals surface area (Å²) in [6.07, 6.45) is 16.4. The van der Waals surface area contributed by atoms with E-state index in [2.05, 4.69) is 48.5 Å². The SMILES string of the molecule is CCO[Si](CS(S)(SS)C(=C(C)C(C(CC(C)CCCC(C)CCCCC(C)CCCC(C)CCCC(C)C)S(S)(C[Si](OCC)(OCC)OCC)SS)(S(S)(C[Si](OCC)(OCC)OCC)SS)S(S)(C[Si](OCC)(OCC)OCC)SS)S(S)(C[Si](OCC)(OCC)OCC)SS)(OCC)OCC. The van der Waals surface area contributed by atoms with Crippen LogP contribution in [-0.2, 0) is 66.4 Å². The number of thiol groups is 10. The normalized spacial score (nSPS) is 19.6. The van der Waals surface area contributed by atoms with Crippen LogP contribution in [0.1, 0.15) is 242 Å². The summed E-state index contributed by atoms with van der Waals surface area (Å²) in [5.74, 6) is 2.87. The van der Waals surface area contributed by atoms with Crippen molar-refractivity contribution in [1.82, 2.24) is 0 Å². The van der Waals surface area contributed by atoms with Crippen LogP contribution in [-0.4, -0.2) is 179 Å². The van der Waals surface area contributed by atoms with Crippen molar-refractivity contribution in [2.75, 3.05) is 126 Å². The zero-order valence-electron chi connectivity index (χ0n) is 68.2. The van der Waals surface area contributed by atoms with Crippen LogP contribution >= 0.6 is 206 Å². The number of hydrogen-bond acceptors (Lipinski definition) is 30. The lowest BCUT2D eigenvalue weighted by atomic mass is 9.90. The molecule has 0 aromatic rings. The zero-order chi connectivity index (χ0) is 80.3. The maximum Gasteiger partial charge on any atom is 0.511 e. The molecule has 15 nitrogen and oxygen atoms in total. The van der Waals surface area contributed by atoms with Crippen LogP contribution in [0.2, 0.25) is 0 Å². The van der Waals surface area contributed by atoms with Gasteiger partial charge in [0.15, 0.2) is 0 Å². The molecule has 0 aromatic carbocycles. The predicted molar refractivity (Wildman–Crippen MR) is 529 cm³/mol. The number of rotatable bonds is 71. The van der Waals surface area contributed by atoms with Gasteiger partial charge in [0.2, 0.25) is 0 Å². The zero-order valence-corrected chi connectivity index (χ0v) is 90.3. The van der Waals surface area contributed by atoms with Gasteiger partial charge in [0.25, 0.3) is 0 Å². The van der Waals surface area contributed by atoms with Gasteiger partial charge in [0, 0.05) is 109 Å². The summed E-state index contributed by atoms with van der Waals surface area (Å²) in [6.45, 7) is 50.8. The average Bonchev–Trinajstić information content (AvgIpc) is 0.677. The Morgan fingerprint density at radius 1 is 0.305 bits per heavy atom. The molecule has 0 aliphatic carbocycles. The van der Waals surface area contributed by atoms with E-state index in [1.165, 1.54) is 113 Å². The molecule has 0 aliphatic heterocycles. The quantitative estimate of drug-likeness (QED) is 0.0122. The Morgan fingerprint density at radius 2 is 0.533 bits per heavy atom. The fourth-order valence-electron chi connectivity index (χ4n) is 13.7. The first-order valence-electron chi connectivity index (χ1n) is 38.3. The summed E-state index contributed by atoms with van der Waals surface area (Å²) in [6, 6.07) is 0. The summed E-state index contributed by atoms with van der Waals surface area (Å²) in [4.78, 5) is 0. The summed E-state index contributed by atoms with van der Waals surface area (Å²) in [7, 11) is -27.3. The van der Waals surface area contributed by atoms with Crippen LogP contribution < -0.4 is 0 Å². The molecule has 0 saturated carbocycles. The minimum Gasteiger partial charge on any atom is -0.373 e. The van der Waals surface area contributed by atoms with Crippen molar-refractivity contribution in [2.24, 2.45) is 29.6 Å². The monoisotopic (exact) mass is 1950 g/mol. The summed E-state index contributed by atoms with van der Waals surface area (Å²) < 4.78 is 105. The lowest BCUT2D eigenvalue weighted by Gasteiger charge is -2.69. The predicted octanol–water partition coefficient (Wildman–Crippen LogP) is 25.6. The van der Waals surface area contributed by atoms with Gasteiger partial charge < -0.3 is 66.4 Å². The van der Waals surface area contributed by atoms with Gasteiger partial charge in [-0.3, -0.25) is 0 Å². The van der Waals surface area contributed by atoms with Crippen LogP contribution in [0.25, 0.3) is 0 Å². The Labute approximate surface area is 724 Å². The molecule has 0 N–H and O–H groups in total. The van der Waals surface area contributed by atoms with Crippen LogP contribution in [0.3, 0.4) is 0 Å². The standard InChI is InChI=1S/C65H150O15S20Si5/c1-23-66-101(67-24-2,68-25-3)52-96(86,91-81)63(51-61(21)50-42-49-59(19)45-39-38-44-58(18)47-41-48-60(20)46-40-43-57(16)17)65(99(89,94-84)55-104(75-32-10,76-33-11)77-34-12,100(90,95-85)56-105(78-35-13,79-36-14)80-37-15)62(22)64(97(87,92-82)53-102(69-26-4,70-27-5)71-28-6)98(88,93-83)54-103(72-29-7,73-30-8)74-31-9/h57-61,63,81-90H,23-56H2,1-22H3. The highest BCUT2D eigenvalue weighted by Gasteiger charge is 2.72. The van der Waals surface area contributed by atoms with E-state index in [1.54, 1.807) is 0 Å². The molecule has 0 radical (unpaired) electrons. The third kappa shape index (κ3) is 35.5. The van der Waals surface area contributed by atoms with E-state index >= 15 is 0 Å². The van der Waals surface area contributed by atoms with Gasteiger partial charge in [-0.05, 0) is 201 Å². The molecule has 10 unspecified atom stereocenters. The third-order valence-electron chi connectivity index (χ3n) is 17.7. The van der Waals surface area contributed by atoms with Crippen molar-refractivity contribution in [1.29, 1.82) is 0 Å². The Balaban J connectivity index is 11.0. The van der Waals surface area contributed by atoms with E-state index in [0.29, 0.717) is 71.8 Å². The molecule has 0 heterocycles. The lowest BCUT2D eigenvalue weighted by molar-refractivity contribution is 0.0762. The van der Waals surface area contributed by atoms with Crippen molar-refractivity contribution in [3.63, 3.8) is 0 Å². The van der Waals surface area contributed by atoms with Crippen LogP contribution in [0.5, 0.6) is 0 Å². The van der Waals surface area contributed by atoms with Crippen LogP contribution in [0.4, 0.5) is 0 Å². The van der Waals surface area contributed by atoms with E-state index in [-0.39, 0.29) is 72.4 Å². The highest BCUT2D eigenvalue weighted by atomic mass is 33.8. The molecule has 0 fully saturated rings. The number of hydrogen-bond donors (Lipinski definition) is 10. The van der Waals surface area contributed by atoms with Gasteiger partial charge in [0.05, 0.1) is 31.0 Å². The molecule has 0 aromatic heterocycles. The molecule has 40 heteroatoms. The molecular formula is C65H150O15S20Si5. The molecule has 10 atom stereocenters. The Bertz CT molecular complexity index is 2120. The molecule has 0 amide bonds. The third-order valence-corrected chi connectivity index (χ3v) is 99.5. The average molecular weight is 1950 g/mol. The van der Waals surface area contributed by atoms with E-state index in [0.717, 1.165) is 46.8 Å². The summed E-state index contributed by atoms with van der Waals surface area (Å²) in [5.41, 5.74) is 0.829. The lowest BCUT2D eigenvalue weighted by Crippen LogP contribution is -2.60. The Kier molecular flexibility index (Phi) is 63.2. The second-order valence-corrected chi connectivity index (χ2v) is 84.5. The maximum absolute atomic E-state index is 7.16. The molecular weight excluding hydrogens is 1800 g/mol. The largest absolute Gasteiger partial charge is 0.511 e. The van der Waals surface area contributed by atoms with Crippen LogP contribution in [0, 0.1) is 29.6 Å². The topological polar surface area (TPSA) is 138 Å². The molecule has 105 heavy (non-hydrogen) atoms. The first kappa shape index (κ1) is 112. The first-order valence-corrected chi connectivity index (χ1v) is 74.2. The van der Waals surface area contributed by atoms with Crippen molar-refractivity contribution < 1.29 is 66.4 Å². The summed E-state index contributed by atoms with van der Waals surface area (Å²) >= 11 is 60.4. The van der Waals surface area contributed by atoms with Gasteiger partial charge in [-0.15, -0.1) is 141 Å². The van der Waals surface area contributed by atoms with E-state index in [1.807, 2.05) is 104 Å². The van der Waals surface area contributed by atoms with E-state index in [4.69, 9.17) is 183 Å². The minimum absolute atomic E-state index is 0.0187. The van der Waals surface area contributed by atoms with E-state index < -0.39 is 93.8 Å². The fourth-order valence-corrected chi connectivity index (χ4v) is 106. The van der Waals surface area contributed by atoms with E-state index in [9.17, 15) is 0 Å². The fraction of sp³-hybridized carbons (Fsp3) is 0.969. The molecule has 0 rings (SSSR count). The molecule has 0 bridgehead atoms. The van der Waals surface area contributed by atoms with Crippen molar-refractivity contribution in [2.45, 2.75) is 252 Å². The highest BCUT2D eigenvalue weighted by molar-refractivity contribution is 9.44. The van der Waals surface area contributed by atoms with Gasteiger partial charge in [0.1, 0.15) is 0 Å². The number of unbranched alkanes of at least 4 members (excludes halogenated alkanes) is 1. The van der Waals surface area contributed by atoms with Gasteiger partial charge in [-0.2, -0.15) is 0 Å². The van der Waals surface area contributed by atoms with Gasteiger partial charge in [-0.25, -0.2) is 0 Å². The highest BCUT2D eigenvalue weighted by Crippen LogP contribution is 2.99.